The Morgan fingerprint density at radius 1 is 1.29 bits per heavy atom. The SMILES string of the molecule is CCC(C)NC(=O)CNc1cccc(OCCC(C)C)c1. The van der Waals surface area contributed by atoms with E-state index in [9.17, 15) is 4.79 Å². The van der Waals surface area contributed by atoms with Gasteiger partial charge in [-0.1, -0.05) is 26.8 Å². The molecule has 0 spiro atoms. The number of carbonyl (C=O) groups excluding carboxylic acids is 1. The van der Waals surface area contributed by atoms with Crippen LogP contribution in [0.1, 0.15) is 40.5 Å². The largest absolute Gasteiger partial charge is 0.494 e. The third-order valence-corrected chi connectivity index (χ3v) is 3.27. The van der Waals surface area contributed by atoms with Gasteiger partial charge in [-0.25, -0.2) is 0 Å². The van der Waals surface area contributed by atoms with E-state index in [1.165, 1.54) is 0 Å². The van der Waals surface area contributed by atoms with E-state index < -0.39 is 0 Å². The fourth-order valence-corrected chi connectivity index (χ4v) is 1.72. The van der Waals surface area contributed by atoms with Gasteiger partial charge in [-0.3, -0.25) is 4.79 Å². The Kier molecular flexibility index (Phi) is 7.65. The Morgan fingerprint density at radius 2 is 2.05 bits per heavy atom. The number of amides is 1. The molecule has 0 aliphatic heterocycles. The standard InChI is InChI=1S/C17H28N2O2/c1-5-14(4)19-17(20)12-18-15-7-6-8-16(11-15)21-10-9-13(2)3/h6-8,11,13-14,18H,5,9-10,12H2,1-4H3,(H,19,20). The van der Waals surface area contributed by atoms with Crippen LogP contribution in [-0.2, 0) is 4.79 Å². The first-order chi connectivity index (χ1) is 10.0. The van der Waals surface area contributed by atoms with Crippen molar-refractivity contribution in [3.63, 3.8) is 0 Å². The van der Waals surface area contributed by atoms with Crippen molar-refractivity contribution in [3.05, 3.63) is 24.3 Å². The minimum atomic E-state index is 0.00970. The molecular formula is C17H28N2O2. The number of rotatable bonds is 9. The van der Waals surface area contributed by atoms with Crippen LogP contribution in [0.4, 0.5) is 5.69 Å². The van der Waals surface area contributed by atoms with Crippen LogP contribution in [0.5, 0.6) is 5.75 Å². The number of anilines is 1. The highest BCUT2D eigenvalue weighted by Crippen LogP contribution is 2.17. The number of ether oxygens (including phenoxy) is 1. The molecule has 0 heterocycles. The van der Waals surface area contributed by atoms with Gasteiger partial charge in [-0.15, -0.1) is 0 Å². The maximum absolute atomic E-state index is 11.7. The van der Waals surface area contributed by atoms with Gasteiger partial charge in [0.1, 0.15) is 5.75 Å². The van der Waals surface area contributed by atoms with Crippen molar-refractivity contribution in [2.75, 3.05) is 18.5 Å². The molecule has 0 aromatic heterocycles. The second-order valence-electron chi connectivity index (χ2n) is 5.79. The first-order valence-corrected chi connectivity index (χ1v) is 7.77. The molecular weight excluding hydrogens is 264 g/mol. The molecule has 0 radical (unpaired) electrons. The average Bonchev–Trinajstić information content (AvgIpc) is 2.45. The van der Waals surface area contributed by atoms with Crippen LogP contribution in [0.3, 0.4) is 0 Å². The fourth-order valence-electron chi connectivity index (χ4n) is 1.72. The summed E-state index contributed by atoms with van der Waals surface area (Å²) in [5.74, 6) is 1.48. The zero-order valence-corrected chi connectivity index (χ0v) is 13.6. The van der Waals surface area contributed by atoms with Gasteiger partial charge < -0.3 is 15.4 Å². The van der Waals surface area contributed by atoms with Crippen LogP contribution in [0.15, 0.2) is 24.3 Å². The molecule has 0 fully saturated rings. The van der Waals surface area contributed by atoms with E-state index in [4.69, 9.17) is 4.74 Å². The molecule has 1 rings (SSSR count). The fraction of sp³-hybridized carbons (Fsp3) is 0.588. The van der Waals surface area contributed by atoms with Crippen molar-refractivity contribution in [1.82, 2.24) is 5.32 Å². The monoisotopic (exact) mass is 292 g/mol. The first-order valence-electron chi connectivity index (χ1n) is 7.77. The minimum Gasteiger partial charge on any atom is -0.494 e. The van der Waals surface area contributed by atoms with Crippen LogP contribution >= 0.6 is 0 Å². The molecule has 4 heteroatoms. The molecule has 0 saturated heterocycles. The van der Waals surface area contributed by atoms with E-state index in [-0.39, 0.29) is 18.5 Å². The lowest BCUT2D eigenvalue weighted by molar-refractivity contribution is -0.120. The van der Waals surface area contributed by atoms with Crippen LogP contribution in [-0.4, -0.2) is 25.1 Å². The lowest BCUT2D eigenvalue weighted by Gasteiger charge is -2.13. The van der Waals surface area contributed by atoms with E-state index in [0.29, 0.717) is 5.92 Å². The molecule has 1 amide bonds. The maximum atomic E-state index is 11.7. The van der Waals surface area contributed by atoms with Crippen molar-refractivity contribution in [2.45, 2.75) is 46.6 Å². The van der Waals surface area contributed by atoms with E-state index >= 15 is 0 Å². The summed E-state index contributed by atoms with van der Waals surface area (Å²) in [5.41, 5.74) is 0.899. The Hall–Kier alpha value is -1.71. The molecule has 4 nitrogen and oxygen atoms in total. The zero-order chi connectivity index (χ0) is 15.7. The predicted octanol–water partition coefficient (Wildman–Crippen LogP) is 3.44. The smallest absolute Gasteiger partial charge is 0.239 e. The van der Waals surface area contributed by atoms with Gasteiger partial charge >= 0.3 is 0 Å². The highest BCUT2D eigenvalue weighted by molar-refractivity contribution is 5.81. The third-order valence-electron chi connectivity index (χ3n) is 3.27. The molecule has 1 atom stereocenters. The Balaban J connectivity index is 2.40. The summed E-state index contributed by atoms with van der Waals surface area (Å²) >= 11 is 0. The summed E-state index contributed by atoms with van der Waals surface area (Å²) < 4.78 is 5.71. The van der Waals surface area contributed by atoms with Crippen molar-refractivity contribution >= 4 is 11.6 Å². The van der Waals surface area contributed by atoms with E-state index in [1.54, 1.807) is 0 Å². The van der Waals surface area contributed by atoms with Gasteiger partial charge in [0.2, 0.25) is 5.91 Å². The van der Waals surface area contributed by atoms with Crippen molar-refractivity contribution in [3.8, 4) is 5.75 Å². The topological polar surface area (TPSA) is 50.4 Å². The molecule has 0 saturated carbocycles. The van der Waals surface area contributed by atoms with Gasteiger partial charge in [0.05, 0.1) is 13.2 Å². The van der Waals surface area contributed by atoms with Crippen LogP contribution in [0.2, 0.25) is 0 Å². The van der Waals surface area contributed by atoms with Crippen molar-refractivity contribution in [2.24, 2.45) is 5.92 Å². The summed E-state index contributed by atoms with van der Waals surface area (Å²) in [5, 5.41) is 6.05. The minimum absolute atomic E-state index is 0.00970. The Labute approximate surface area is 128 Å². The molecule has 1 unspecified atom stereocenters. The lowest BCUT2D eigenvalue weighted by atomic mass is 10.1. The van der Waals surface area contributed by atoms with Gasteiger partial charge in [-0.2, -0.15) is 0 Å². The second-order valence-corrected chi connectivity index (χ2v) is 5.79. The Morgan fingerprint density at radius 3 is 2.71 bits per heavy atom. The summed E-state index contributed by atoms with van der Waals surface area (Å²) in [6.07, 6.45) is 1.97. The number of hydrogen-bond donors (Lipinski definition) is 2. The number of carbonyl (C=O) groups is 1. The lowest BCUT2D eigenvalue weighted by Crippen LogP contribution is -2.36. The van der Waals surface area contributed by atoms with Crippen LogP contribution in [0.25, 0.3) is 0 Å². The maximum Gasteiger partial charge on any atom is 0.239 e. The molecule has 21 heavy (non-hydrogen) atoms. The van der Waals surface area contributed by atoms with Gasteiger partial charge in [0.15, 0.2) is 0 Å². The quantitative estimate of drug-likeness (QED) is 0.733. The summed E-state index contributed by atoms with van der Waals surface area (Å²) in [6.45, 7) is 9.40. The highest BCUT2D eigenvalue weighted by atomic mass is 16.5. The normalized spacial score (nSPS) is 12.0. The van der Waals surface area contributed by atoms with Crippen molar-refractivity contribution < 1.29 is 9.53 Å². The van der Waals surface area contributed by atoms with Crippen molar-refractivity contribution in [1.29, 1.82) is 0 Å². The summed E-state index contributed by atoms with van der Waals surface area (Å²) in [4.78, 5) is 11.7. The molecule has 2 N–H and O–H groups in total. The summed E-state index contributed by atoms with van der Waals surface area (Å²) in [6, 6.07) is 7.94. The van der Waals surface area contributed by atoms with Gasteiger partial charge in [0.25, 0.3) is 0 Å². The highest BCUT2D eigenvalue weighted by Gasteiger charge is 2.05. The van der Waals surface area contributed by atoms with Crippen LogP contribution in [0, 0.1) is 5.92 Å². The number of nitrogens with one attached hydrogen (secondary N) is 2. The molecule has 118 valence electrons. The molecule has 0 aliphatic carbocycles. The second kappa shape index (κ2) is 9.27. The average molecular weight is 292 g/mol. The zero-order valence-electron chi connectivity index (χ0n) is 13.6. The summed E-state index contributed by atoms with van der Waals surface area (Å²) in [7, 11) is 0. The molecule has 1 aromatic rings. The molecule has 0 bridgehead atoms. The third kappa shape index (κ3) is 7.59. The van der Waals surface area contributed by atoms with E-state index in [2.05, 4.69) is 31.4 Å². The molecule has 1 aromatic carbocycles. The van der Waals surface area contributed by atoms with E-state index in [1.807, 2.05) is 31.2 Å². The van der Waals surface area contributed by atoms with Gasteiger partial charge in [0, 0.05) is 17.8 Å². The Bertz CT molecular complexity index is 433. The van der Waals surface area contributed by atoms with E-state index in [0.717, 1.165) is 30.9 Å². The van der Waals surface area contributed by atoms with Gasteiger partial charge in [-0.05, 0) is 37.8 Å². The predicted molar refractivity (Wildman–Crippen MR) is 87.8 cm³/mol. The first kappa shape index (κ1) is 17.3. The molecule has 0 aliphatic rings. The number of benzene rings is 1. The number of hydrogen-bond acceptors (Lipinski definition) is 3. The van der Waals surface area contributed by atoms with Crippen LogP contribution < -0.4 is 15.4 Å².